The molecule has 0 atom stereocenters. The molecule has 2 aromatic rings. The van der Waals surface area contributed by atoms with E-state index in [1.807, 2.05) is 54.8 Å². The first kappa shape index (κ1) is 9.71. The average Bonchev–Trinajstić information content (AvgIpc) is 2.20. The summed E-state index contributed by atoms with van der Waals surface area (Å²) < 4.78 is 2.04. The van der Waals surface area contributed by atoms with E-state index in [0.717, 1.165) is 17.1 Å². The molecule has 0 aliphatic rings. The number of hydrogen-bond acceptors (Lipinski definition) is 1. The maximum Gasteiger partial charge on any atom is 0.253 e. The third-order valence-corrected chi connectivity index (χ3v) is 2.50. The summed E-state index contributed by atoms with van der Waals surface area (Å²) in [5, 5.41) is 9.79. The van der Waals surface area contributed by atoms with Gasteiger partial charge in [0.1, 0.15) is 0 Å². The van der Waals surface area contributed by atoms with E-state index in [0.29, 0.717) is 5.75 Å². The molecule has 0 radical (unpaired) electrons. The summed E-state index contributed by atoms with van der Waals surface area (Å²) in [7, 11) is 0. The second kappa shape index (κ2) is 3.73. The number of para-hydroxylation sites is 2. The Kier molecular flexibility index (Phi) is 2.42. The molecule has 1 heterocycles. The standard InChI is InChI=1S/C13H13NO/c1-10-6-5-7-11(2)14(10)12-8-3-4-9-13(12)15/h3-9H,1-2H3/p+1. The number of nitrogens with zero attached hydrogens (tertiary/aromatic N) is 1. The van der Waals surface area contributed by atoms with Gasteiger partial charge in [0, 0.05) is 32.0 Å². The number of aromatic hydroxyl groups is 1. The van der Waals surface area contributed by atoms with Crippen LogP contribution in [0.3, 0.4) is 0 Å². The third kappa shape index (κ3) is 1.71. The fourth-order valence-electron chi connectivity index (χ4n) is 1.79. The molecule has 0 amide bonds. The number of rotatable bonds is 1. The molecule has 2 rings (SSSR count). The highest BCUT2D eigenvalue weighted by atomic mass is 16.3. The maximum absolute atomic E-state index is 9.79. The number of aryl methyl sites for hydroxylation is 2. The first-order chi connectivity index (χ1) is 7.20. The quantitative estimate of drug-likeness (QED) is 0.702. The molecule has 0 fully saturated rings. The van der Waals surface area contributed by atoms with Crippen LogP contribution in [0.5, 0.6) is 5.75 Å². The summed E-state index contributed by atoms with van der Waals surface area (Å²) in [4.78, 5) is 0. The van der Waals surface area contributed by atoms with E-state index in [2.05, 4.69) is 0 Å². The summed E-state index contributed by atoms with van der Waals surface area (Å²) in [6.45, 7) is 4.05. The summed E-state index contributed by atoms with van der Waals surface area (Å²) in [6.07, 6.45) is 0. The summed E-state index contributed by atoms with van der Waals surface area (Å²) in [6, 6.07) is 13.4. The molecule has 1 N–H and O–H groups in total. The van der Waals surface area contributed by atoms with Gasteiger partial charge < -0.3 is 5.11 Å². The monoisotopic (exact) mass is 200 g/mol. The van der Waals surface area contributed by atoms with Crippen molar-refractivity contribution in [3.63, 3.8) is 0 Å². The number of phenolic OH excluding ortho intramolecular Hbond substituents is 1. The number of benzene rings is 1. The van der Waals surface area contributed by atoms with Crippen LogP contribution in [-0.2, 0) is 0 Å². The first-order valence-electron chi connectivity index (χ1n) is 4.97. The van der Waals surface area contributed by atoms with Gasteiger partial charge in [-0.2, -0.15) is 4.57 Å². The highest BCUT2D eigenvalue weighted by Gasteiger charge is 2.16. The summed E-state index contributed by atoms with van der Waals surface area (Å²) >= 11 is 0. The van der Waals surface area contributed by atoms with E-state index in [1.54, 1.807) is 6.07 Å². The molecule has 0 bridgehead atoms. The van der Waals surface area contributed by atoms with Gasteiger partial charge in [0.15, 0.2) is 17.1 Å². The molecule has 0 saturated heterocycles. The Bertz CT molecular complexity index is 471. The van der Waals surface area contributed by atoms with Crippen molar-refractivity contribution in [2.75, 3.05) is 0 Å². The second-order valence-electron chi connectivity index (χ2n) is 3.63. The molecular weight excluding hydrogens is 186 g/mol. The number of phenols is 1. The molecule has 0 spiro atoms. The SMILES string of the molecule is Cc1cccc(C)[n+]1-c1ccccc1O. The van der Waals surface area contributed by atoms with Gasteiger partial charge in [-0.1, -0.05) is 12.1 Å². The number of pyridine rings is 1. The Morgan fingerprint density at radius 3 is 2.07 bits per heavy atom. The van der Waals surface area contributed by atoms with Crippen LogP contribution >= 0.6 is 0 Å². The van der Waals surface area contributed by atoms with Crippen LogP contribution in [0.25, 0.3) is 5.69 Å². The highest BCUT2D eigenvalue weighted by Crippen LogP contribution is 2.16. The van der Waals surface area contributed by atoms with Crippen molar-refractivity contribution in [3.05, 3.63) is 53.9 Å². The van der Waals surface area contributed by atoms with E-state index in [-0.39, 0.29) is 0 Å². The topological polar surface area (TPSA) is 24.1 Å². The van der Waals surface area contributed by atoms with Gasteiger partial charge in [-0.15, -0.1) is 0 Å². The van der Waals surface area contributed by atoms with Gasteiger partial charge in [0.05, 0.1) is 0 Å². The molecule has 2 heteroatoms. The van der Waals surface area contributed by atoms with Crippen molar-refractivity contribution in [2.45, 2.75) is 13.8 Å². The lowest BCUT2D eigenvalue weighted by atomic mass is 10.2. The van der Waals surface area contributed by atoms with E-state index in [9.17, 15) is 5.11 Å². The number of hydrogen-bond donors (Lipinski definition) is 1. The molecule has 1 aromatic carbocycles. The second-order valence-corrected chi connectivity index (χ2v) is 3.63. The third-order valence-electron chi connectivity index (χ3n) is 2.50. The van der Waals surface area contributed by atoms with E-state index >= 15 is 0 Å². The van der Waals surface area contributed by atoms with Crippen molar-refractivity contribution in [1.29, 1.82) is 0 Å². The maximum atomic E-state index is 9.79. The highest BCUT2D eigenvalue weighted by molar-refractivity contribution is 5.38. The Labute approximate surface area is 89.4 Å². The molecule has 0 aliphatic heterocycles. The van der Waals surface area contributed by atoms with Crippen molar-refractivity contribution in [2.24, 2.45) is 0 Å². The Morgan fingerprint density at radius 1 is 0.867 bits per heavy atom. The lowest BCUT2D eigenvalue weighted by molar-refractivity contribution is -0.610. The van der Waals surface area contributed by atoms with Crippen molar-refractivity contribution >= 4 is 0 Å². The molecule has 76 valence electrons. The first-order valence-corrected chi connectivity index (χ1v) is 4.97. The van der Waals surface area contributed by atoms with Crippen LogP contribution in [0.1, 0.15) is 11.4 Å². The normalized spacial score (nSPS) is 10.3. The zero-order valence-corrected chi connectivity index (χ0v) is 8.94. The minimum Gasteiger partial charge on any atom is -0.502 e. The smallest absolute Gasteiger partial charge is 0.253 e. The Balaban J connectivity index is 2.69. The van der Waals surface area contributed by atoms with E-state index in [1.165, 1.54) is 0 Å². The van der Waals surface area contributed by atoms with Crippen molar-refractivity contribution in [3.8, 4) is 11.4 Å². The largest absolute Gasteiger partial charge is 0.502 e. The molecule has 15 heavy (non-hydrogen) atoms. The van der Waals surface area contributed by atoms with Gasteiger partial charge in [-0.25, -0.2) is 0 Å². The van der Waals surface area contributed by atoms with Crippen LogP contribution in [0.4, 0.5) is 0 Å². The lowest BCUT2D eigenvalue weighted by Gasteiger charge is -2.03. The Hall–Kier alpha value is -1.83. The minimum absolute atomic E-state index is 0.305. The van der Waals surface area contributed by atoms with Crippen LogP contribution in [0.15, 0.2) is 42.5 Å². The summed E-state index contributed by atoms with van der Waals surface area (Å²) in [5.41, 5.74) is 3.04. The Morgan fingerprint density at radius 2 is 1.47 bits per heavy atom. The van der Waals surface area contributed by atoms with E-state index < -0.39 is 0 Å². The van der Waals surface area contributed by atoms with E-state index in [4.69, 9.17) is 0 Å². The zero-order chi connectivity index (χ0) is 10.8. The molecular formula is C13H14NO+. The van der Waals surface area contributed by atoms with Crippen molar-refractivity contribution in [1.82, 2.24) is 0 Å². The van der Waals surface area contributed by atoms with Crippen LogP contribution in [-0.4, -0.2) is 5.11 Å². The summed E-state index contributed by atoms with van der Waals surface area (Å²) in [5.74, 6) is 0.305. The predicted octanol–water partition coefficient (Wildman–Crippen LogP) is 2.29. The van der Waals surface area contributed by atoms with Gasteiger partial charge >= 0.3 is 0 Å². The minimum atomic E-state index is 0.305. The van der Waals surface area contributed by atoms with Crippen LogP contribution in [0.2, 0.25) is 0 Å². The van der Waals surface area contributed by atoms with Gasteiger partial charge in [0.25, 0.3) is 5.69 Å². The van der Waals surface area contributed by atoms with Crippen LogP contribution in [0, 0.1) is 13.8 Å². The van der Waals surface area contributed by atoms with Crippen LogP contribution < -0.4 is 4.57 Å². The number of aromatic nitrogens is 1. The predicted molar refractivity (Wildman–Crippen MR) is 59.1 cm³/mol. The van der Waals surface area contributed by atoms with Gasteiger partial charge in [-0.3, -0.25) is 0 Å². The zero-order valence-electron chi connectivity index (χ0n) is 8.94. The van der Waals surface area contributed by atoms with Gasteiger partial charge in [0.2, 0.25) is 0 Å². The lowest BCUT2D eigenvalue weighted by Crippen LogP contribution is -2.37. The molecule has 0 saturated carbocycles. The van der Waals surface area contributed by atoms with Gasteiger partial charge in [-0.05, 0) is 12.1 Å². The molecule has 2 nitrogen and oxygen atoms in total. The average molecular weight is 200 g/mol. The molecule has 0 aliphatic carbocycles. The molecule has 1 aromatic heterocycles. The fourth-order valence-corrected chi connectivity index (χ4v) is 1.79. The fraction of sp³-hybridized carbons (Fsp3) is 0.154. The molecule has 0 unspecified atom stereocenters. The van der Waals surface area contributed by atoms with Crippen molar-refractivity contribution < 1.29 is 9.67 Å².